The molecule has 0 aromatic heterocycles. The smallest absolute Gasteiger partial charge is 0.246 e. The summed E-state index contributed by atoms with van der Waals surface area (Å²) in [7, 11) is 2.82. The molecule has 3 fully saturated rings. The summed E-state index contributed by atoms with van der Waals surface area (Å²) < 4.78 is 11.2. The van der Waals surface area contributed by atoms with E-state index in [0.29, 0.717) is 33.1 Å². The predicted octanol–water partition coefficient (Wildman–Crippen LogP) is 6.63. The van der Waals surface area contributed by atoms with Gasteiger partial charge in [-0.1, -0.05) is 59.6 Å². The SMILES string of the molecule is COc1cc(C2C3=CCC4C(=O)N(c5ccc(C(C)=O)cc5)C(=O)C4C3CC3C(=O)N(c4cccc(Cl)c4)C(=O)C32c2ccccc2)cc(OC)c1O. The maximum atomic E-state index is 15.4. The number of ketones is 1. The van der Waals surface area contributed by atoms with Crippen molar-refractivity contribution in [1.29, 1.82) is 0 Å². The normalized spacial score (nSPS) is 26.2. The lowest BCUT2D eigenvalue weighted by molar-refractivity contribution is -0.127. The number of phenols is 1. The van der Waals surface area contributed by atoms with Crippen molar-refractivity contribution in [2.24, 2.45) is 23.7 Å². The Bertz CT molecular complexity index is 2230. The zero-order valence-electron chi connectivity index (χ0n) is 29.1. The molecule has 0 bridgehead atoms. The fourth-order valence-corrected chi connectivity index (χ4v) is 9.48. The number of rotatable bonds is 7. The highest BCUT2D eigenvalue weighted by molar-refractivity contribution is 6.32. The van der Waals surface area contributed by atoms with Gasteiger partial charge in [-0.25, -0.2) is 4.90 Å². The zero-order chi connectivity index (χ0) is 37.3. The van der Waals surface area contributed by atoms with E-state index >= 15 is 4.79 Å². The van der Waals surface area contributed by atoms with E-state index in [1.54, 1.807) is 60.7 Å². The Morgan fingerprint density at radius 1 is 0.792 bits per heavy atom. The minimum atomic E-state index is -1.52. The number of Topliss-reactive ketones (excluding diaryl/α,β-unsaturated/α-hetero) is 1. The number of hydrogen-bond acceptors (Lipinski definition) is 8. The lowest BCUT2D eigenvalue weighted by Gasteiger charge is -2.50. The number of allylic oxidation sites excluding steroid dienone is 2. The van der Waals surface area contributed by atoms with Crippen LogP contribution in [0.15, 0.2) is 103 Å². The quantitative estimate of drug-likeness (QED) is 0.127. The number of phenolic OH excluding ortho intramolecular Hbond substituents is 1. The monoisotopic (exact) mass is 730 g/mol. The van der Waals surface area contributed by atoms with Crippen LogP contribution >= 0.6 is 11.6 Å². The second-order valence-electron chi connectivity index (χ2n) is 14.0. The molecule has 1 saturated carbocycles. The number of benzene rings is 4. The topological polar surface area (TPSA) is 131 Å². The molecule has 0 spiro atoms. The van der Waals surface area contributed by atoms with Crippen molar-refractivity contribution in [2.45, 2.75) is 31.1 Å². The molecule has 4 amide bonds. The number of halogens is 1. The third-order valence-electron chi connectivity index (χ3n) is 11.5. The third kappa shape index (κ3) is 4.95. The molecule has 4 aromatic rings. The van der Waals surface area contributed by atoms with Gasteiger partial charge in [0.25, 0.3) is 0 Å². The first kappa shape index (κ1) is 34.4. The Labute approximate surface area is 310 Å². The molecule has 53 heavy (non-hydrogen) atoms. The average Bonchev–Trinajstić information content (AvgIpc) is 3.56. The van der Waals surface area contributed by atoms with Crippen LogP contribution in [0.2, 0.25) is 5.02 Å². The van der Waals surface area contributed by atoms with Gasteiger partial charge in [0, 0.05) is 16.5 Å². The van der Waals surface area contributed by atoms with Crippen LogP contribution < -0.4 is 19.3 Å². The Kier molecular flexibility index (Phi) is 8.25. The number of methoxy groups -OCH3 is 2. The van der Waals surface area contributed by atoms with Crippen LogP contribution in [-0.4, -0.2) is 48.7 Å². The molecule has 6 unspecified atom stereocenters. The summed E-state index contributed by atoms with van der Waals surface area (Å²) in [6.07, 6.45) is 2.29. The van der Waals surface area contributed by atoms with Gasteiger partial charge in [0.2, 0.25) is 29.4 Å². The van der Waals surface area contributed by atoms with Crippen molar-refractivity contribution in [2.75, 3.05) is 24.0 Å². The molecule has 2 heterocycles. The first-order valence-corrected chi connectivity index (χ1v) is 17.7. The maximum absolute atomic E-state index is 15.4. The summed E-state index contributed by atoms with van der Waals surface area (Å²) in [6, 6.07) is 25.4. The number of nitrogens with zero attached hydrogens (tertiary/aromatic N) is 2. The van der Waals surface area contributed by atoms with E-state index in [1.165, 1.54) is 30.9 Å². The molecule has 2 aliphatic carbocycles. The second kappa shape index (κ2) is 12.7. The van der Waals surface area contributed by atoms with E-state index in [-0.39, 0.29) is 41.8 Å². The van der Waals surface area contributed by atoms with Gasteiger partial charge >= 0.3 is 0 Å². The molecule has 6 atom stereocenters. The Morgan fingerprint density at radius 3 is 2.09 bits per heavy atom. The number of anilines is 2. The van der Waals surface area contributed by atoms with E-state index in [9.17, 15) is 24.3 Å². The maximum Gasteiger partial charge on any atom is 0.246 e. The molecular formula is C42H35ClN2O8. The summed E-state index contributed by atoms with van der Waals surface area (Å²) in [4.78, 5) is 73.5. The van der Waals surface area contributed by atoms with Gasteiger partial charge in [0.05, 0.1) is 48.8 Å². The molecule has 2 saturated heterocycles. The molecule has 8 rings (SSSR count). The highest BCUT2D eigenvalue weighted by Crippen LogP contribution is 2.65. The van der Waals surface area contributed by atoms with E-state index in [4.69, 9.17) is 21.1 Å². The largest absolute Gasteiger partial charge is 0.502 e. The van der Waals surface area contributed by atoms with E-state index in [1.807, 2.05) is 36.4 Å². The van der Waals surface area contributed by atoms with Crippen molar-refractivity contribution >= 4 is 52.4 Å². The van der Waals surface area contributed by atoms with Gasteiger partial charge in [-0.3, -0.25) is 28.9 Å². The highest BCUT2D eigenvalue weighted by Gasteiger charge is 2.70. The van der Waals surface area contributed by atoms with Crippen LogP contribution in [0.1, 0.15) is 47.2 Å². The summed E-state index contributed by atoms with van der Waals surface area (Å²) in [5.74, 6) is -5.79. The van der Waals surface area contributed by atoms with E-state index in [0.717, 1.165) is 5.57 Å². The van der Waals surface area contributed by atoms with Crippen LogP contribution in [0.5, 0.6) is 17.2 Å². The van der Waals surface area contributed by atoms with Gasteiger partial charge < -0.3 is 14.6 Å². The van der Waals surface area contributed by atoms with E-state index < -0.39 is 52.7 Å². The van der Waals surface area contributed by atoms with Gasteiger partial charge in [0.15, 0.2) is 17.3 Å². The molecular weight excluding hydrogens is 696 g/mol. The fourth-order valence-electron chi connectivity index (χ4n) is 9.30. The minimum Gasteiger partial charge on any atom is -0.502 e. The van der Waals surface area contributed by atoms with Gasteiger partial charge in [-0.2, -0.15) is 0 Å². The predicted molar refractivity (Wildman–Crippen MR) is 196 cm³/mol. The number of imide groups is 2. The number of ether oxygens (including phenoxy) is 2. The number of amides is 4. The first-order chi connectivity index (χ1) is 25.5. The molecule has 0 radical (unpaired) electrons. The van der Waals surface area contributed by atoms with Crippen molar-refractivity contribution in [3.8, 4) is 17.2 Å². The van der Waals surface area contributed by atoms with Crippen molar-refractivity contribution < 1.29 is 38.6 Å². The zero-order valence-corrected chi connectivity index (χ0v) is 29.9. The number of fused-ring (bicyclic) bond motifs is 4. The summed E-state index contributed by atoms with van der Waals surface area (Å²) in [5, 5.41) is 11.3. The summed E-state index contributed by atoms with van der Waals surface area (Å²) in [6.45, 7) is 1.44. The molecule has 4 aliphatic rings. The minimum absolute atomic E-state index is 0.103. The Hall–Kier alpha value is -5.74. The number of carbonyl (C=O) groups is 5. The van der Waals surface area contributed by atoms with Crippen molar-refractivity contribution in [1.82, 2.24) is 0 Å². The van der Waals surface area contributed by atoms with Gasteiger partial charge in [-0.15, -0.1) is 0 Å². The molecule has 10 nitrogen and oxygen atoms in total. The molecule has 268 valence electrons. The van der Waals surface area contributed by atoms with Gasteiger partial charge in [0.1, 0.15) is 0 Å². The van der Waals surface area contributed by atoms with Crippen LogP contribution in [0.25, 0.3) is 0 Å². The van der Waals surface area contributed by atoms with Crippen molar-refractivity contribution in [3.05, 3.63) is 124 Å². The number of hydrogen-bond donors (Lipinski definition) is 1. The summed E-state index contributed by atoms with van der Waals surface area (Å²) >= 11 is 6.41. The van der Waals surface area contributed by atoms with Crippen LogP contribution in [0.4, 0.5) is 11.4 Å². The second-order valence-corrected chi connectivity index (χ2v) is 14.4. The molecule has 2 aliphatic heterocycles. The average molecular weight is 731 g/mol. The Morgan fingerprint density at radius 2 is 1.47 bits per heavy atom. The van der Waals surface area contributed by atoms with Gasteiger partial charge in [-0.05, 0) is 91.4 Å². The molecule has 1 N–H and O–H groups in total. The lowest BCUT2D eigenvalue weighted by atomic mass is 9.49. The van der Waals surface area contributed by atoms with Crippen LogP contribution in [-0.2, 0) is 24.6 Å². The Balaban J connectivity index is 1.36. The molecule has 4 aromatic carbocycles. The van der Waals surface area contributed by atoms with E-state index in [2.05, 4.69) is 0 Å². The highest BCUT2D eigenvalue weighted by atomic mass is 35.5. The van der Waals surface area contributed by atoms with Crippen LogP contribution in [0.3, 0.4) is 0 Å². The number of carbonyl (C=O) groups excluding carboxylic acids is 5. The molecule has 11 heteroatoms. The number of aromatic hydroxyl groups is 1. The van der Waals surface area contributed by atoms with Crippen molar-refractivity contribution in [3.63, 3.8) is 0 Å². The first-order valence-electron chi connectivity index (χ1n) is 17.4. The summed E-state index contributed by atoms with van der Waals surface area (Å²) in [5.41, 5.74) is 1.49. The third-order valence-corrected chi connectivity index (χ3v) is 11.8. The van der Waals surface area contributed by atoms with Crippen LogP contribution in [0, 0.1) is 23.7 Å². The standard InChI is InChI=1S/C42H35ClN2O8/c1-22(46)23-12-14-27(15-13-23)44-38(48)30-17-16-29-31(35(30)40(44)50)21-32-39(49)45(28-11-7-10-26(43)20-28)41(51)42(32,25-8-5-4-6-9-25)36(29)24-18-33(52-2)37(47)34(19-24)53-3/h4-16,18-20,30-32,35-36,47H,17,21H2,1-3H3. The lowest BCUT2D eigenvalue weighted by Crippen LogP contribution is -2.53. The fraction of sp³-hybridized carbons (Fsp3) is 0.262.